The molecule has 1 aliphatic heterocycles. The van der Waals surface area contributed by atoms with E-state index >= 15 is 0 Å². The van der Waals surface area contributed by atoms with Crippen molar-refractivity contribution in [3.63, 3.8) is 0 Å². The molecule has 0 amide bonds. The zero-order valence-corrected chi connectivity index (χ0v) is 16.2. The van der Waals surface area contributed by atoms with Gasteiger partial charge in [0.1, 0.15) is 0 Å². The molecule has 134 valence electrons. The van der Waals surface area contributed by atoms with Gasteiger partial charge in [-0.1, -0.05) is 18.2 Å². The third-order valence-corrected chi connectivity index (χ3v) is 8.87. The molecule has 1 saturated heterocycles. The van der Waals surface area contributed by atoms with Crippen molar-refractivity contribution in [3.8, 4) is 0 Å². The second-order valence-corrected chi connectivity index (χ2v) is 11.3. The van der Waals surface area contributed by atoms with Crippen molar-refractivity contribution in [3.05, 3.63) is 54.1 Å². The van der Waals surface area contributed by atoms with Crippen LogP contribution in [-0.4, -0.2) is 28.3 Å². The number of primary sulfonamides is 1. The molecule has 10 heteroatoms. The van der Waals surface area contributed by atoms with E-state index in [-0.39, 0.29) is 9.79 Å². The lowest BCUT2D eigenvalue weighted by molar-refractivity contribution is 0.597. The Hall–Kier alpha value is -1.20. The Morgan fingerprint density at radius 1 is 0.920 bits per heavy atom. The molecule has 0 unspecified atom stereocenters. The van der Waals surface area contributed by atoms with Gasteiger partial charge in [-0.3, -0.25) is 4.72 Å². The van der Waals surface area contributed by atoms with Crippen LogP contribution in [0.3, 0.4) is 0 Å². The zero-order chi connectivity index (χ0) is 18.1. The Kier molecular flexibility index (Phi) is 5.35. The predicted octanol–water partition coefficient (Wildman–Crippen LogP) is 2.61. The normalized spacial score (nSPS) is 16.0. The van der Waals surface area contributed by atoms with Gasteiger partial charge >= 0.3 is 0 Å². The predicted molar refractivity (Wildman–Crippen MR) is 103 cm³/mol. The average Bonchev–Trinajstić information content (AvgIpc) is 3.08. The lowest BCUT2D eigenvalue weighted by Gasteiger charge is -2.12. The highest BCUT2D eigenvalue weighted by Crippen LogP contribution is 2.45. The summed E-state index contributed by atoms with van der Waals surface area (Å²) in [6, 6.07) is 12.2. The summed E-state index contributed by atoms with van der Waals surface area (Å²) in [7, 11) is -7.89. The van der Waals surface area contributed by atoms with Crippen LogP contribution in [-0.2, 0) is 20.0 Å². The molecule has 1 heterocycles. The number of nitrogens with one attached hydrogen (secondary N) is 1. The van der Waals surface area contributed by atoms with Gasteiger partial charge in [0.2, 0.25) is 10.0 Å². The average molecular weight is 417 g/mol. The number of anilines is 1. The maximum absolute atomic E-state index is 12.6. The molecular weight excluding hydrogens is 400 g/mol. The van der Waals surface area contributed by atoms with Crippen LogP contribution in [0.1, 0.15) is 10.1 Å². The van der Waals surface area contributed by atoms with Crippen LogP contribution in [0.25, 0.3) is 0 Å². The molecular formula is C15H16N2O4S4. The van der Waals surface area contributed by atoms with Crippen molar-refractivity contribution in [2.24, 2.45) is 5.14 Å². The Bertz CT molecular complexity index is 984. The highest BCUT2D eigenvalue weighted by atomic mass is 32.2. The van der Waals surface area contributed by atoms with Crippen molar-refractivity contribution in [2.75, 3.05) is 16.2 Å². The van der Waals surface area contributed by atoms with Gasteiger partial charge in [-0.25, -0.2) is 22.0 Å². The third kappa shape index (κ3) is 4.50. The van der Waals surface area contributed by atoms with Crippen LogP contribution in [0.2, 0.25) is 0 Å². The second-order valence-electron chi connectivity index (χ2n) is 5.32. The number of sulfonamides is 2. The van der Waals surface area contributed by atoms with Gasteiger partial charge in [0.15, 0.2) is 0 Å². The van der Waals surface area contributed by atoms with Gasteiger partial charge in [-0.05, 0) is 35.9 Å². The smallest absolute Gasteiger partial charge is 0.261 e. The van der Waals surface area contributed by atoms with E-state index in [1.54, 1.807) is 18.2 Å². The quantitative estimate of drug-likeness (QED) is 0.776. The van der Waals surface area contributed by atoms with Crippen LogP contribution in [0.4, 0.5) is 5.69 Å². The molecule has 25 heavy (non-hydrogen) atoms. The minimum atomic E-state index is -3.97. The number of hydrogen-bond acceptors (Lipinski definition) is 6. The van der Waals surface area contributed by atoms with Crippen molar-refractivity contribution in [1.29, 1.82) is 0 Å². The van der Waals surface area contributed by atoms with E-state index in [0.717, 1.165) is 23.1 Å². The molecule has 0 aliphatic carbocycles. The van der Waals surface area contributed by atoms with Crippen LogP contribution in [0.15, 0.2) is 58.3 Å². The Labute approximate surface area is 155 Å². The van der Waals surface area contributed by atoms with Crippen LogP contribution in [0, 0.1) is 0 Å². The van der Waals surface area contributed by atoms with Crippen LogP contribution < -0.4 is 9.86 Å². The number of nitrogens with two attached hydrogens (primary N) is 1. The van der Waals surface area contributed by atoms with Crippen LogP contribution in [0.5, 0.6) is 0 Å². The first-order chi connectivity index (χ1) is 11.8. The molecule has 1 aliphatic rings. The molecule has 3 rings (SSSR count). The molecule has 0 atom stereocenters. The molecule has 6 nitrogen and oxygen atoms in total. The monoisotopic (exact) mass is 416 g/mol. The minimum Gasteiger partial charge on any atom is -0.280 e. The molecule has 0 bridgehead atoms. The maximum Gasteiger partial charge on any atom is 0.261 e. The summed E-state index contributed by atoms with van der Waals surface area (Å²) in [5.41, 5.74) is 1.48. The Morgan fingerprint density at radius 2 is 1.56 bits per heavy atom. The van der Waals surface area contributed by atoms with Crippen molar-refractivity contribution < 1.29 is 16.8 Å². The summed E-state index contributed by atoms with van der Waals surface area (Å²) in [5, 5.41) is 5.06. The second kappa shape index (κ2) is 7.20. The molecule has 0 radical (unpaired) electrons. The standard InChI is InChI=1S/C15H16N2O4S4/c16-24(18,19)13-5-2-6-14(10-13)25(20,21)17-12-4-1-3-11(9-12)15-22-7-8-23-15/h1-6,9-10,15,17H,7-8H2,(H2,16,18,19). The molecule has 0 saturated carbocycles. The fraction of sp³-hybridized carbons (Fsp3) is 0.200. The van der Waals surface area contributed by atoms with Gasteiger partial charge in [0.05, 0.1) is 14.4 Å². The van der Waals surface area contributed by atoms with Gasteiger partial charge in [0, 0.05) is 17.2 Å². The van der Waals surface area contributed by atoms with E-state index in [4.69, 9.17) is 5.14 Å². The van der Waals surface area contributed by atoms with E-state index in [2.05, 4.69) is 4.72 Å². The molecule has 1 fully saturated rings. The number of hydrogen-bond donors (Lipinski definition) is 2. The fourth-order valence-corrected chi connectivity index (χ4v) is 6.90. The van der Waals surface area contributed by atoms with Gasteiger partial charge < -0.3 is 0 Å². The SMILES string of the molecule is NS(=O)(=O)c1cccc(S(=O)(=O)Nc2cccc(C3SCCS3)c2)c1. The number of benzene rings is 2. The molecule has 2 aromatic carbocycles. The van der Waals surface area contributed by atoms with Gasteiger partial charge in [0.25, 0.3) is 10.0 Å². The topological polar surface area (TPSA) is 106 Å². The first kappa shape index (κ1) is 18.6. The van der Waals surface area contributed by atoms with E-state index in [9.17, 15) is 16.8 Å². The summed E-state index contributed by atoms with van der Waals surface area (Å²) in [6.07, 6.45) is 0. The summed E-state index contributed by atoms with van der Waals surface area (Å²) in [4.78, 5) is -0.406. The van der Waals surface area contributed by atoms with Crippen molar-refractivity contribution in [2.45, 2.75) is 14.4 Å². The summed E-state index contributed by atoms with van der Waals surface area (Å²) < 4.78 is 50.7. The lowest BCUT2D eigenvalue weighted by Crippen LogP contribution is -2.16. The highest BCUT2D eigenvalue weighted by Gasteiger charge is 2.20. The van der Waals surface area contributed by atoms with Crippen molar-refractivity contribution >= 4 is 49.3 Å². The highest BCUT2D eigenvalue weighted by molar-refractivity contribution is 8.19. The van der Waals surface area contributed by atoms with E-state index < -0.39 is 20.0 Å². The van der Waals surface area contributed by atoms with Crippen molar-refractivity contribution in [1.82, 2.24) is 0 Å². The molecule has 2 aromatic rings. The van der Waals surface area contributed by atoms with E-state index in [0.29, 0.717) is 10.3 Å². The third-order valence-electron chi connectivity index (χ3n) is 3.48. The zero-order valence-electron chi connectivity index (χ0n) is 13.0. The van der Waals surface area contributed by atoms with Gasteiger partial charge in [-0.2, -0.15) is 0 Å². The summed E-state index contributed by atoms with van der Waals surface area (Å²) in [6.45, 7) is 0. The first-order valence-electron chi connectivity index (χ1n) is 7.24. The summed E-state index contributed by atoms with van der Waals surface area (Å²) in [5.74, 6) is 2.15. The fourth-order valence-electron chi connectivity index (χ4n) is 2.33. The van der Waals surface area contributed by atoms with Gasteiger partial charge in [-0.15, -0.1) is 23.5 Å². The Balaban J connectivity index is 1.88. The largest absolute Gasteiger partial charge is 0.280 e. The van der Waals surface area contributed by atoms with E-state index in [1.807, 2.05) is 29.6 Å². The minimum absolute atomic E-state index is 0.158. The molecule has 0 aromatic heterocycles. The number of thioether (sulfide) groups is 2. The first-order valence-corrected chi connectivity index (χ1v) is 12.4. The molecule has 3 N–H and O–H groups in total. The number of rotatable bonds is 5. The van der Waals surface area contributed by atoms with E-state index in [1.165, 1.54) is 18.2 Å². The molecule has 0 spiro atoms. The maximum atomic E-state index is 12.6. The lowest BCUT2D eigenvalue weighted by atomic mass is 10.2. The Morgan fingerprint density at radius 3 is 2.24 bits per heavy atom. The van der Waals surface area contributed by atoms with Crippen LogP contribution >= 0.6 is 23.5 Å². The summed E-state index contributed by atoms with van der Waals surface area (Å²) >= 11 is 3.66.